The summed E-state index contributed by atoms with van der Waals surface area (Å²) < 4.78 is 0. The van der Waals surface area contributed by atoms with Gasteiger partial charge in [-0.1, -0.05) is 12.1 Å². The fourth-order valence-corrected chi connectivity index (χ4v) is 2.40. The van der Waals surface area contributed by atoms with Crippen molar-refractivity contribution in [2.45, 2.75) is 32.4 Å². The molecule has 0 bridgehead atoms. The minimum Gasteiger partial charge on any atom is -0.393 e. The Morgan fingerprint density at radius 1 is 1.29 bits per heavy atom. The fraction of sp³-hybridized carbons (Fsp3) is 0.571. The topological polar surface area (TPSA) is 49.5 Å². The van der Waals surface area contributed by atoms with Gasteiger partial charge in [-0.2, -0.15) is 0 Å². The van der Waals surface area contributed by atoms with Crippen LogP contribution in [0.15, 0.2) is 24.3 Å². The van der Waals surface area contributed by atoms with Crippen molar-refractivity contribution in [3.63, 3.8) is 0 Å². The molecule has 3 nitrogen and oxygen atoms in total. The molecule has 1 fully saturated rings. The van der Waals surface area contributed by atoms with Crippen molar-refractivity contribution in [3.05, 3.63) is 29.8 Å². The Bertz CT molecular complexity index is 359. The Labute approximate surface area is 103 Å². The van der Waals surface area contributed by atoms with Crippen LogP contribution >= 0.6 is 0 Å². The maximum Gasteiger partial charge on any atom is 0.0557 e. The van der Waals surface area contributed by atoms with Crippen LogP contribution in [0.2, 0.25) is 0 Å². The van der Waals surface area contributed by atoms with Crippen molar-refractivity contribution in [1.82, 2.24) is 0 Å². The third-order valence-electron chi connectivity index (χ3n) is 3.69. The van der Waals surface area contributed by atoms with Crippen LogP contribution in [0.4, 0.5) is 5.69 Å². The molecule has 17 heavy (non-hydrogen) atoms. The summed E-state index contributed by atoms with van der Waals surface area (Å²) in [6.07, 6.45) is 0.871. The van der Waals surface area contributed by atoms with E-state index in [2.05, 4.69) is 29.2 Å². The number of benzene rings is 1. The van der Waals surface area contributed by atoms with Crippen molar-refractivity contribution in [2.24, 2.45) is 11.7 Å². The molecule has 0 radical (unpaired) electrons. The predicted molar refractivity (Wildman–Crippen MR) is 71.0 cm³/mol. The SMILES string of the molecule is CC(O)C1CCN(c2ccc([C@H](C)N)cc2)C1. The van der Waals surface area contributed by atoms with Gasteiger partial charge in [-0.3, -0.25) is 0 Å². The highest BCUT2D eigenvalue weighted by Crippen LogP contribution is 2.26. The second-order valence-corrected chi connectivity index (χ2v) is 5.12. The molecule has 0 spiro atoms. The standard InChI is InChI=1S/C14H22N2O/c1-10(15)12-3-5-14(6-4-12)16-8-7-13(9-16)11(2)17/h3-6,10-11,13,17H,7-9,15H2,1-2H3/t10-,11?,13?/m0/s1. The lowest BCUT2D eigenvalue weighted by molar-refractivity contribution is 0.136. The smallest absolute Gasteiger partial charge is 0.0557 e. The van der Waals surface area contributed by atoms with Crippen LogP contribution < -0.4 is 10.6 Å². The summed E-state index contributed by atoms with van der Waals surface area (Å²) in [5.41, 5.74) is 8.23. The Kier molecular flexibility index (Phi) is 3.69. The third-order valence-corrected chi connectivity index (χ3v) is 3.69. The molecule has 1 aromatic carbocycles. The molecular weight excluding hydrogens is 212 g/mol. The van der Waals surface area contributed by atoms with Gasteiger partial charge < -0.3 is 15.7 Å². The number of hydrogen-bond acceptors (Lipinski definition) is 3. The van der Waals surface area contributed by atoms with E-state index in [0.29, 0.717) is 5.92 Å². The average molecular weight is 234 g/mol. The van der Waals surface area contributed by atoms with Crippen molar-refractivity contribution in [2.75, 3.05) is 18.0 Å². The molecule has 0 amide bonds. The molecule has 2 rings (SSSR count). The zero-order valence-corrected chi connectivity index (χ0v) is 10.6. The first-order valence-electron chi connectivity index (χ1n) is 6.36. The van der Waals surface area contributed by atoms with E-state index >= 15 is 0 Å². The number of nitrogens with zero attached hydrogens (tertiary/aromatic N) is 1. The second-order valence-electron chi connectivity index (χ2n) is 5.12. The number of hydrogen-bond donors (Lipinski definition) is 2. The van der Waals surface area contributed by atoms with Gasteiger partial charge in [0.15, 0.2) is 0 Å². The highest BCUT2D eigenvalue weighted by molar-refractivity contribution is 5.49. The van der Waals surface area contributed by atoms with Gasteiger partial charge in [0.25, 0.3) is 0 Å². The summed E-state index contributed by atoms with van der Waals surface area (Å²) in [7, 11) is 0. The summed E-state index contributed by atoms with van der Waals surface area (Å²) in [4.78, 5) is 2.34. The van der Waals surface area contributed by atoms with Crippen LogP contribution in [-0.4, -0.2) is 24.3 Å². The van der Waals surface area contributed by atoms with Crippen LogP contribution in [0.3, 0.4) is 0 Å². The van der Waals surface area contributed by atoms with Crippen LogP contribution in [0.5, 0.6) is 0 Å². The van der Waals surface area contributed by atoms with E-state index in [-0.39, 0.29) is 12.1 Å². The number of nitrogens with two attached hydrogens (primary N) is 1. The Hall–Kier alpha value is -1.06. The number of rotatable bonds is 3. The molecule has 0 saturated carbocycles. The minimum atomic E-state index is -0.205. The Balaban J connectivity index is 2.04. The highest BCUT2D eigenvalue weighted by Gasteiger charge is 2.25. The number of aliphatic hydroxyl groups excluding tert-OH is 1. The second kappa shape index (κ2) is 5.07. The van der Waals surface area contributed by atoms with Gasteiger partial charge in [-0.15, -0.1) is 0 Å². The van der Waals surface area contributed by atoms with Crippen LogP contribution in [0, 0.1) is 5.92 Å². The highest BCUT2D eigenvalue weighted by atomic mass is 16.3. The summed E-state index contributed by atoms with van der Waals surface area (Å²) >= 11 is 0. The third kappa shape index (κ3) is 2.79. The zero-order valence-electron chi connectivity index (χ0n) is 10.6. The molecule has 1 saturated heterocycles. The quantitative estimate of drug-likeness (QED) is 0.840. The molecule has 94 valence electrons. The average Bonchev–Trinajstić information content (AvgIpc) is 2.78. The van der Waals surface area contributed by atoms with Gasteiger partial charge in [-0.05, 0) is 38.0 Å². The van der Waals surface area contributed by atoms with Crippen molar-refractivity contribution >= 4 is 5.69 Å². The molecule has 0 aromatic heterocycles. The van der Waals surface area contributed by atoms with E-state index in [1.54, 1.807) is 0 Å². The van der Waals surface area contributed by atoms with E-state index in [4.69, 9.17) is 5.73 Å². The molecule has 2 unspecified atom stereocenters. The largest absolute Gasteiger partial charge is 0.393 e. The number of aliphatic hydroxyl groups is 1. The summed E-state index contributed by atoms with van der Waals surface area (Å²) in [6.45, 7) is 5.87. The molecule has 3 heteroatoms. The van der Waals surface area contributed by atoms with E-state index in [1.165, 1.54) is 11.3 Å². The van der Waals surface area contributed by atoms with Gasteiger partial charge in [0.1, 0.15) is 0 Å². The number of anilines is 1. The maximum atomic E-state index is 9.59. The first kappa shape index (κ1) is 12.4. The monoisotopic (exact) mass is 234 g/mol. The normalized spacial score (nSPS) is 23.8. The minimum absolute atomic E-state index is 0.0906. The Morgan fingerprint density at radius 2 is 1.94 bits per heavy atom. The van der Waals surface area contributed by atoms with Gasteiger partial charge in [0.05, 0.1) is 6.10 Å². The molecule has 1 aliphatic rings. The lowest BCUT2D eigenvalue weighted by atomic mass is 10.0. The molecule has 1 aromatic rings. The fourth-order valence-electron chi connectivity index (χ4n) is 2.40. The lowest BCUT2D eigenvalue weighted by Crippen LogP contribution is -2.23. The van der Waals surface area contributed by atoms with E-state index in [9.17, 15) is 5.11 Å². The van der Waals surface area contributed by atoms with Crippen molar-refractivity contribution < 1.29 is 5.11 Å². The Morgan fingerprint density at radius 3 is 2.41 bits per heavy atom. The van der Waals surface area contributed by atoms with Gasteiger partial charge in [0.2, 0.25) is 0 Å². The van der Waals surface area contributed by atoms with Crippen LogP contribution in [-0.2, 0) is 0 Å². The van der Waals surface area contributed by atoms with Crippen molar-refractivity contribution in [1.29, 1.82) is 0 Å². The zero-order chi connectivity index (χ0) is 12.4. The molecule has 1 heterocycles. The van der Waals surface area contributed by atoms with Crippen LogP contribution in [0.1, 0.15) is 31.9 Å². The predicted octanol–water partition coefficient (Wildman–Crippen LogP) is 1.91. The van der Waals surface area contributed by atoms with Crippen molar-refractivity contribution in [3.8, 4) is 0 Å². The summed E-state index contributed by atoms with van der Waals surface area (Å²) in [5.74, 6) is 0.406. The van der Waals surface area contributed by atoms with Gasteiger partial charge in [-0.25, -0.2) is 0 Å². The molecule has 0 aliphatic carbocycles. The molecule has 3 atom stereocenters. The lowest BCUT2D eigenvalue weighted by Gasteiger charge is -2.20. The van der Waals surface area contributed by atoms with E-state index in [0.717, 1.165) is 19.5 Å². The van der Waals surface area contributed by atoms with E-state index in [1.807, 2.05) is 13.8 Å². The molecule has 3 N–H and O–H groups in total. The molecular formula is C14H22N2O. The maximum absolute atomic E-state index is 9.59. The first-order chi connectivity index (χ1) is 8.08. The first-order valence-corrected chi connectivity index (χ1v) is 6.36. The van der Waals surface area contributed by atoms with Crippen LogP contribution in [0.25, 0.3) is 0 Å². The van der Waals surface area contributed by atoms with Gasteiger partial charge >= 0.3 is 0 Å². The molecule has 1 aliphatic heterocycles. The summed E-state index contributed by atoms with van der Waals surface area (Å²) in [5, 5.41) is 9.59. The van der Waals surface area contributed by atoms with Gasteiger partial charge in [0, 0.05) is 30.7 Å². The summed E-state index contributed by atoms with van der Waals surface area (Å²) in [6, 6.07) is 8.53. The van der Waals surface area contributed by atoms with E-state index < -0.39 is 0 Å².